The molecular weight excluding hydrogens is 288 g/mol. The van der Waals surface area contributed by atoms with Crippen molar-refractivity contribution in [3.8, 4) is 0 Å². The minimum absolute atomic E-state index is 0.187. The number of nitrogens with one attached hydrogen (secondary N) is 1. The smallest absolute Gasteiger partial charge is 0.247 e. The van der Waals surface area contributed by atoms with E-state index < -0.39 is 11.4 Å². The number of allylic oxidation sites excluding steroid dienone is 2. The number of carbonyl (C=O) groups excluding carboxylic acids is 2. The van der Waals surface area contributed by atoms with Crippen molar-refractivity contribution in [1.82, 2.24) is 5.32 Å². The zero-order valence-electron chi connectivity index (χ0n) is 11.9. The Morgan fingerprint density at radius 3 is 2.81 bits per heavy atom. The van der Waals surface area contributed by atoms with Crippen LogP contribution in [-0.2, 0) is 15.1 Å². The molecule has 2 rings (SSSR count). The van der Waals surface area contributed by atoms with E-state index in [0.29, 0.717) is 17.0 Å². The lowest BCUT2D eigenvalue weighted by molar-refractivity contribution is -0.131. The van der Waals surface area contributed by atoms with Gasteiger partial charge < -0.3 is 11.1 Å². The summed E-state index contributed by atoms with van der Waals surface area (Å²) in [5.74, 6) is -0.561. The maximum absolute atomic E-state index is 12.2. The van der Waals surface area contributed by atoms with Crippen molar-refractivity contribution in [3.63, 3.8) is 0 Å². The molecule has 0 spiro atoms. The molecule has 0 bridgehead atoms. The topological polar surface area (TPSA) is 72.2 Å². The fourth-order valence-electron chi connectivity index (χ4n) is 2.51. The molecule has 4 nitrogen and oxygen atoms in total. The molecule has 0 aliphatic heterocycles. The zero-order chi connectivity index (χ0) is 15.5. The summed E-state index contributed by atoms with van der Waals surface area (Å²) < 4.78 is 0. The van der Waals surface area contributed by atoms with Gasteiger partial charge in [-0.3, -0.25) is 9.59 Å². The minimum Gasteiger partial charge on any atom is -0.367 e. The third kappa shape index (κ3) is 3.64. The highest BCUT2D eigenvalue weighted by Crippen LogP contribution is 2.25. The molecule has 0 radical (unpaired) electrons. The summed E-state index contributed by atoms with van der Waals surface area (Å²) in [5, 5.41) is 3.25. The van der Waals surface area contributed by atoms with Crippen LogP contribution in [0.3, 0.4) is 0 Å². The van der Waals surface area contributed by atoms with E-state index in [1.807, 2.05) is 6.08 Å². The van der Waals surface area contributed by atoms with Crippen molar-refractivity contribution in [1.29, 1.82) is 0 Å². The standard InChI is InChI=1S/C16H19ClN2O2/c1-16(15(18)21,12-7-4-8-13(17)10-12)19-14(20)9-11-5-2-3-6-11/h2,4-5,7-8,10-11H,3,6,9H2,1H3,(H2,18,21)(H,19,20)/t11-,16+/m1/s1. The molecule has 1 aromatic carbocycles. The van der Waals surface area contributed by atoms with Gasteiger partial charge in [0.1, 0.15) is 5.54 Å². The molecule has 0 fully saturated rings. The molecular formula is C16H19ClN2O2. The molecule has 1 aliphatic carbocycles. The largest absolute Gasteiger partial charge is 0.367 e. The molecule has 0 unspecified atom stereocenters. The first-order chi connectivity index (χ1) is 9.91. The van der Waals surface area contributed by atoms with Crippen molar-refractivity contribution < 1.29 is 9.59 Å². The third-order valence-electron chi connectivity index (χ3n) is 3.84. The average molecular weight is 307 g/mol. The molecule has 1 aliphatic rings. The molecule has 112 valence electrons. The second-order valence-corrected chi connectivity index (χ2v) is 5.95. The molecule has 2 atom stereocenters. The number of carbonyl (C=O) groups is 2. The number of primary amides is 1. The summed E-state index contributed by atoms with van der Waals surface area (Å²) in [7, 11) is 0. The molecule has 0 heterocycles. The van der Waals surface area contributed by atoms with Crippen LogP contribution in [0.4, 0.5) is 0 Å². The Balaban J connectivity index is 2.16. The number of benzene rings is 1. The summed E-state index contributed by atoms with van der Waals surface area (Å²) in [5.41, 5.74) is 4.82. The number of hydrogen-bond donors (Lipinski definition) is 2. The van der Waals surface area contributed by atoms with Gasteiger partial charge in [0.05, 0.1) is 0 Å². The molecule has 21 heavy (non-hydrogen) atoms. The van der Waals surface area contributed by atoms with Crippen molar-refractivity contribution in [2.45, 2.75) is 31.7 Å². The van der Waals surface area contributed by atoms with E-state index in [4.69, 9.17) is 17.3 Å². The molecule has 0 aromatic heterocycles. The second-order valence-electron chi connectivity index (χ2n) is 5.52. The van der Waals surface area contributed by atoms with Gasteiger partial charge in [0.2, 0.25) is 11.8 Å². The van der Waals surface area contributed by atoms with E-state index in [-0.39, 0.29) is 11.8 Å². The van der Waals surface area contributed by atoms with Crippen LogP contribution < -0.4 is 11.1 Å². The van der Waals surface area contributed by atoms with Gasteiger partial charge in [0.15, 0.2) is 0 Å². The summed E-state index contributed by atoms with van der Waals surface area (Å²) >= 11 is 5.96. The first kappa shape index (κ1) is 15.6. The highest BCUT2D eigenvalue weighted by molar-refractivity contribution is 6.30. The van der Waals surface area contributed by atoms with Gasteiger partial charge in [-0.1, -0.05) is 35.9 Å². The van der Waals surface area contributed by atoms with Crippen molar-refractivity contribution in [2.24, 2.45) is 11.7 Å². The van der Waals surface area contributed by atoms with Gasteiger partial charge in [-0.2, -0.15) is 0 Å². The van der Waals surface area contributed by atoms with E-state index in [1.54, 1.807) is 31.2 Å². The van der Waals surface area contributed by atoms with Gasteiger partial charge in [-0.15, -0.1) is 0 Å². The van der Waals surface area contributed by atoms with Crippen LogP contribution in [0.2, 0.25) is 5.02 Å². The highest BCUT2D eigenvalue weighted by Gasteiger charge is 2.35. The van der Waals surface area contributed by atoms with Crippen LogP contribution in [-0.4, -0.2) is 11.8 Å². The lowest BCUT2D eigenvalue weighted by Gasteiger charge is -2.28. The Labute approximate surface area is 129 Å². The van der Waals surface area contributed by atoms with Crippen molar-refractivity contribution in [3.05, 3.63) is 47.0 Å². The summed E-state index contributed by atoms with van der Waals surface area (Å²) in [4.78, 5) is 24.0. The number of halogens is 1. The van der Waals surface area contributed by atoms with Crippen LogP contribution in [0.25, 0.3) is 0 Å². The Bertz CT molecular complexity index is 585. The first-order valence-electron chi connectivity index (χ1n) is 6.95. The Hall–Kier alpha value is -1.81. The predicted octanol–water partition coefficient (Wildman–Crippen LogP) is 2.51. The van der Waals surface area contributed by atoms with Crippen LogP contribution in [0, 0.1) is 5.92 Å². The normalized spacial score (nSPS) is 20.0. The Kier molecular flexibility index (Phi) is 4.68. The van der Waals surface area contributed by atoms with E-state index >= 15 is 0 Å². The molecule has 3 N–H and O–H groups in total. The van der Waals surface area contributed by atoms with Gasteiger partial charge in [-0.05, 0) is 43.4 Å². The highest BCUT2D eigenvalue weighted by atomic mass is 35.5. The van der Waals surface area contributed by atoms with Crippen LogP contribution in [0.15, 0.2) is 36.4 Å². The number of nitrogens with two attached hydrogens (primary N) is 1. The summed E-state index contributed by atoms with van der Waals surface area (Å²) in [6.07, 6.45) is 6.44. The van der Waals surface area contributed by atoms with Crippen molar-refractivity contribution >= 4 is 23.4 Å². The molecule has 0 saturated carbocycles. The van der Waals surface area contributed by atoms with Crippen LogP contribution in [0.5, 0.6) is 0 Å². The van der Waals surface area contributed by atoms with Crippen LogP contribution >= 0.6 is 11.6 Å². The quantitative estimate of drug-likeness (QED) is 0.820. The first-order valence-corrected chi connectivity index (χ1v) is 7.33. The lowest BCUT2D eigenvalue weighted by atomic mass is 9.90. The molecule has 0 saturated heterocycles. The van der Waals surface area contributed by atoms with Crippen molar-refractivity contribution in [2.75, 3.05) is 0 Å². The molecule has 2 amide bonds. The lowest BCUT2D eigenvalue weighted by Crippen LogP contribution is -2.53. The summed E-state index contributed by atoms with van der Waals surface area (Å²) in [6, 6.07) is 6.80. The summed E-state index contributed by atoms with van der Waals surface area (Å²) in [6.45, 7) is 1.60. The second kappa shape index (κ2) is 6.31. The van der Waals surface area contributed by atoms with E-state index in [1.165, 1.54) is 0 Å². The van der Waals surface area contributed by atoms with Gasteiger partial charge >= 0.3 is 0 Å². The van der Waals surface area contributed by atoms with E-state index in [9.17, 15) is 9.59 Å². The van der Waals surface area contributed by atoms with Gasteiger partial charge in [-0.25, -0.2) is 0 Å². The SMILES string of the molecule is C[C@@](NC(=O)C[C@@H]1C=CCC1)(C(N)=O)c1cccc(Cl)c1. The van der Waals surface area contributed by atoms with Gasteiger partial charge in [0.25, 0.3) is 0 Å². The monoisotopic (exact) mass is 306 g/mol. The van der Waals surface area contributed by atoms with E-state index in [2.05, 4.69) is 11.4 Å². The molecule has 1 aromatic rings. The average Bonchev–Trinajstić information content (AvgIpc) is 2.91. The Morgan fingerprint density at radius 2 is 2.24 bits per heavy atom. The predicted molar refractivity (Wildman–Crippen MR) is 82.6 cm³/mol. The van der Waals surface area contributed by atoms with Gasteiger partial charge in [0, 0.05) is 11.4 Å². The number of rotatable bonds is 5. The minimum atomic E-state index is -1.26. The van der Waals surface area contributed by atoms with E-state index in [0.717, 1.165) is 12.8 Å². The number of hydrogen-bond acceptors (Lipinski definition) is 2. The maximum Gasteiger partial charge on any atom is 0.247 e. The zero-order valence-corrected chi connectivity index (χ0v) is 12.7. The molecule has 5 heteroatoms. The number of amides is 2. The fourth-order valence-corrected chi connectivity index (χ4v) is 2.70. The Morgan fingerprint density at radius 1 is 1.48 bits per heavy atom. The third-order valence-corrected chi connectivity index (χ3v) is 4.08. The fraction of sp³-hybridized carbons (Fsp3) is 0.375. The van der Waals surface area contributed by atoms with Crippen LogP contribution in [0.1, 0.15) is 31.7 Å². The maximum atomic E-state index is 12.2.